The van der Waals surface area contributed by atoms with Gasteiger partial charge >= 0.3 is 20.8 Å². The Morgan fingerprint density at radius 1 is 0.633 bits per heavy atom. The molecule has 3 rings (SSSR count). The lowest BCUT2D eigenvalue weighted by Gasteiger charge is -2.09. The molecule has 0 bridgehead atoms. The smallest absolute Gasteiger partial charge is 0.397 e. The molecule has 0 heterocycles. The number of sulfone groups is 2. The third-order valence-corrected chi connectivity index (χ3v) is 11.1. The zero-order valence-electron chi connectivity index (χ0n) is 24.7. The molecular formula is C23H26N6O15S5. The summed E-state index contributed by atoms with van der Waals surface area (Å²) in [6.07, 6.45) is 0. The van der Waals surface area contributed by atoms with E-state index in [2.05, 4.69) is 34.1 Å². The Morgan fingerprint density at radius 2 is 1.12 bits per heavy atom. The molecule has 0 amide bonds. The summed E-state index contributed by atoms with van der Waals surface area (Å²) in [5, 5.41) is 18.6. The van der Waals surface area contributed by atoms with E-state index in [1.54, 1.807) is 0 Å². The van der Waals surface area contributed by atoms with Crippen molar-refractivity contribution < 1.29 is 64.1 Å². The number of rotatable bonds is 16. The van der Waals surface area contributed by atoms with Gasteiger partial charge in [-0.15, -0.1) is 15.3 Å². The fraction of sp³-hybridized carbons (Fsp3) is 0.217. The highest BCUT2D eigenvalue weighted by molar-refractivity contribution is 7.92. The maximum atomic E-state index is 12.5. The number of nitrogen functional groups attached to an aromatic ring is 1. The van der Waals surface area contributed by atoms with Crippen molar-refractivity contribution in [3.8, 4) is 0 Å². The first-order chi connectivity index (χ1) is 22.5. The molecule has 0 fully saturated rings. The molecule has 0 aliphatic carbocycles. The van der Waals surface area contributed by atoms with E-state index in [0.29, 0.717) is 11.8 Å². The van der Waals surface area contributed by atoms with Crippen molar-refractivity contribution >= 4 is 84.7 Å². The van der Waals surface area contributed by atoms with E-state index in [9.17, 15) is 46.6 Å². The van der Waals surface area contributed by atoms with Crippen LogP contribution in [-0.4, -0.2) is 87.5 Å². The lowest BCUT2D eigenvalue weighted by Crippen LogP contribution is -2.16. The first-order valence-corrected chi connectivity index (χ1v) is 20.3. The number of nitrogens with one attached hydrogen (secondary N) is 1. The van der Waals surface area contributed by atoms with Crippen LogP contribution in [0.25, 0.3) is 0 Å². The van der Waals surface area contributed by atoms with Gasteiger partial charge in [0.15, 0.2) is 19.7 Å². The van der Waals surface area contributed by atoms with Crippen molar-refractivity contribution in [1.29, 1.82) is 0 Å². The molecule has 268 valence electrons. The molecule has 0 spiro atoms. The molecule has 6 N–H and O–H groups in total. The molecule has 0 aliphatic rings. The van der Waals surface area contributed by atoms with Gasteiger partial charge < -0.3 is 11.1 Å². The van der Waals surface area contributed by atoms with Crippen LogP contribution < -0.4 is 11.1 Å². The average molecular weight is 787 g/mol. The summed E-state index contributed by atoms with van der Waals surface area (Å²) < 4.78 is 152. The normalized spacial score (nSPS) is 13.3. The summed E-state index contributed by atoms with van der Waals surface area (Å²) in [5.41, 5.74) is 6.07. The van der Waals surface area contributed by atoms with Gasteiger partial charge in [-0.25, -0.2) is 25.2 Å². The van der Waals surface area contributed by atoms with Gasteiger partial charge in [0.25, 0.3) is 10.1 Å². The quantitative estimate of drug-likeness (QED) is 0.0791. The molecule has 3 aromatic rings. The minimum absolute atomic E-state index is 0.00558. The van der Waals surface area contributed by atoms with Gasteiger partial charge in [0.1, 0.15) is 22.0 Å². The minimum Gasteiger partial charge on any atom is -0.397 e. The Hall–Kier alpha value is -3.99. The lowest BCUT2D eigenvalue weighted by molar-refractivity contribution is 0.282. The summed E-state index contributed by atoms with van der Waals surface area (Å²) in [4.78, 5) is -1.83. The fourth-order valence-corrected chi connectivity index (χ4v) is 7.34. The predicted molar refractivity (Wildman–Crippen MR) is 171 cm³/mol. The third kappa shape index (κ3) is 11.8. The first kappa shape index (κ1) is 39.4. The third-order valence-electron chi connectivity index (χ3n) is 5.89. The van der Waals surface area contributed by atoms with Crippen LogP contribution in [-0.2, 0) is 59.0 Å². The second-order valence-electron chi connectivity index (χ2n) is 9.31. The molecular weight excluding hydrogens is 761 g/mol. The Kier molecular flexibility index (Phi) is 12.3. The van der Waals surface area contributed by atoms with Gasteiger partial charge in [0.05, 0.1) is 51.6 Å². The number of hydrogen-bond acceptors (Lipinski definition) is 18. The molecule has 49 heavy (non-hydrogen) atoms. The molecule has 0 aliphatic heterocycles. The van der Waals surface area contributed by atoms with E-state index in [1.165, 1.54) is 43.4 Å². The fourth-order valence-electron chi connectivity index (χ4n) is 3.61. The van der Waals surface area contributed by atoms with Crippen LogP contribution in [0.2, 0.25) is 0 Å². The van der Waals surface area contributed by atoms with Crippen LogP contribution in [0.4, 0.5) is 34.1 Å². The Bertz CT molecular complexity index is 2330. The average Bonchev–Trinajstić information content (AvgIpc) is 2.97. The topological polar surface area (TPSA) is 337 Å². The Labute approximate surface area is 280 Å². The van der Waals surface area contributed by atoms with Crippen molar-refractivity contribution in [2.45, 2.75) is 14.7 Å². The molecule has 21 nitrogen and oxygen atoms in total. The minimum atomic E-state index is -5.09. The van der Waals surface area contributed by atoms with Crippen molar-refractivity contribution in [3.63, 3.8) is 0 Å². The highest BCUT2D eigenvalue weighted by atomic mass is 32.3. The zero-order valence-corrected chi connectivity index (χ0v) is 28.8. The molecule has 0 atom stereocenters. The number of anilines is 2. The van der Waals surface area contributed by atoms with Crippen LogP contribution in [0.3, 0.4) is 0 Å². The molecule has 0 aromatic heterocycles. The maximum absolute atomic E-state index is 12.5. The number of hydrogen-bond donors (Lipinski definition) is 5. The van der Waals surface area contributed by atoms with Crippen LogP contribution in [0, 0.1) is 0 Å². The predicted octanol–water partition coefficient (Wildman–Crippen LogP) is 2.57. The monoisotopic (exact) mass is 786 g/mol. The van der Waals surface area contributed by atoms with E-state index in [1.807, 2.05) is 0 Å². The van der Waals surface area contributed by atoms with Crippen LogP contribution in [0.5, 0.6) is 0 Å². The first-order valence-electron chi connectivity index (χ1n) is 12.9. The van der Waals surface area contributed by atoms with Crippen molar-refractivity contribution in [3.05, 3.63) is 54.6 Å². The molecule has 3 aromatic carbocycles. The molecule has 26 heteroatoms. The van der Waals surface area contributed by atoms with Crippen molar-refractivity contribution in [2.24, 2.45) is 20.5 Å². The van der Waals surface area contributed by atoms with Crippen LogP contribution in [0.15, 0.2) is 89.7 Å². The van der Waals surface area contributed by atoms with Crippen molar-refractivity contribution in [2.75, 3.05) is 42.8 Å². The molecule has 0 unspecified atom stereocenters. The van der Waals surface area contributed by atoms with Crippen LogP contribution >= 0.6 is 0 Å². The Balaban J connectivity index is 1.89. The van der Waals surface area contributed by atoms with E-state index in [-0.39, 0.29) is 27.6 Å². The van der Waals surface area contributed by atoms with Gasteiger partial charge in [0.2, 0.25) is 0 Å². The second-order valence-corrected chi connectivity index (χ2v) is 17.1. The maximum Gasteiger partial charge on any atom is 0.397 e. The summed E-state index contributed by atoms with van der Waals surface area (Å²) in [6, 6.07) is 9.95. The standard InChI is InChI=1S/C23H26N6O15S5/c1-25-21-13-18(24)20(14-22(21)29-26-15-2-4-16(5-3-15)45(30,31)10-8-43-48(37,38)39)28-27-19-7-6-17(12-23(19)47(34,35)36)46(32,33)11-9-44-49(40,41)42/h2-7,12-14,25H,8-11,24H2,1H3,(H,34,35,36)(H,37,38,39)(H,40,41,42)/b28-27+,29-26+. The van der Waals surface area contributed by atoms with E-state index >= 15 is 0 Å². The number of nitrogens with two attached hydrogens (primary N) is 1. The zero-order chi connectivity index (χ0) is 36.8. The summed E-state index contributed by atoms with van der Waals surface area (Å²) >= 11 is 0. The van der Waals surface area contributed by atoms with E-state index in [4.69, 9.17) is 14.8 Å². The highest BCUT2D eigenvalue weighted by Crippen LogP contribution is 2.38. The van der Waals surface area contributed by atoms with Crippen LogP contribution in [0.1, 0.15) is 0 Å². The van der Waals surface area contributed by atoms with E-state index < -0.39 is 90.8 Å². The largest absolute Gasteiger partial charge is 0.397 e. The van der Waals surface area contributed by atoms with Gasteiger partial charge in [-0.1, -0.05) is 0 Å². The molecule has 0 saturated heterocycles. The SMILES string of the molecule is CNc1cc(N)c(/N=N/c2ccc(S(=O)(=O)CCOS(=O)(=O)O)cc2S(=O)(=O)O)cc1/N=N/c1ccc(S(=O)(=O)CCOS(=O)(=O)O)cc1. The van der Waals surface area contributed by atoms with Gasteiger partial charge in [0, 0.05) is 7.05 Å². The number of nitrogens with zero attached hydrogens (tertiary/aromatic N) is 4. The highest BCUT2D eigenvalue weighted by Gasteiger charge is 2.23. The van der Waals surface area contributed by atoms with E-state index in [0.717, 1.165) is 12.1 Å². The number of azo groups is 2. The Morgan fingerprint density at radius 3 is 1.63 bits per heavy atom. The summed E-state index contributed by atoms with van der Waals surface area (Å²) in [5.74, 6) is -1.73. The summed E-state index contributed by atoms with van der Waals surface area (Å²) in [6.45, 7) is -1.80. The van der Waals surface area contributed by atoms with Gasteiger partial charge in [-0.05, 0) is 54.6 Å². The number of benzene rings is 3. The van der Waals surface area contributed by atoms with Crippen molar-refractivity contribution in [1.82, 2.24) is 0 Å². The summed E-state index contributed by atoms with van der Waals surface area (Å²) in [7, 11) is -21.7. The molecule has 0 radical (unpaired) electrons. The molecule has 0 saturated carbocycles. The lowest BCUT2D eigenvalue weighted by atomic mass is 10.2. The second kappa shape index (κ2) is 15.3. The van der Waals surface area contributed by atoms with Gasteiger partial charge in [-0.2, -0.15) is 30.4 Å². The van der Waals surface area contributed by atoms with Gasteiger partial charge in [-0.3, -0.25) is 13.7 Å².